The molecule has 0 spiro atoms. The fourth-order valence-corrected chi connectivity index (χ4v) is 5.72. The largest absolute Gasteiger partial charge is 0.459 e. The average Bonchev–Trinajstić information content (AvgIpc) is 2.86. The van der Waals surface area contributed by atoms with Gasteiger partial charge in [-0.25, -0.2) is 0 Å². The van der Waals surface area contributed by atoms with Gasteiger partial charge in [-0.3, -0.25) is 4.79 Å². The maximum Gasteiger partial charge on any atom is 0.293 e. The van der Waals surface area contributed by atoms with Crippen LogP contribution in [0.3, 0.4) is 0 Å². The van der Waals surface area contributed by atoms with Crippen LogP contribution < -0.4 is 0 Å². The van der Waals surface area contributed by atoms with Crippen molar-refractivity contribution in [2.75, 3.05) is 0 Å². The van der Waals surface area contributed by atoms with Crippen molar-refractivity contribution in [2.45, 2.75) is 31.3 Å². The highest BCUT2D eigenvalue weighted by Crippen LogP contribution is 2.47. The van der Waals surface area contributed by atoms with E-state index in [4.69, 9.17) is 4.74 Å². The summed E-state index contributed by atoms with van der Waals surface area (Å²) in [5, 5.41) is 7.41. The fourth-order valence-electron chi connectivity index (χ4n) is 5.72. The van der Waals surface area contributed by atoms with Gasteiger partial charge in [0.25, 0.3) is 6.47 Å². The van der Waals surface area contributed by atoms with Gasteiger partial charge in [0.1, 0.15) is 6.10 Å². The summed E-state index contributed by atoms with van der Waals surface area (Å²) in [5.74, 6) is 0.125. The SMILES string of the molecule is O=COC(c1cccc2ccccc12)C1CCCc2ccc3c(ccc4ccccc43)c21. The van der Waals surface area contributed by atoms with Crippen LogP contribution in [0.25, 0.3) is 32.3 Å². The van der Waals surface area contributed by atoms with Gasteiger partial charge in [-0.2, -0.15) is 0 Å². The van der Waals surface area contributed by atoms with Crippen LogP contribution in [0, 0.1) is 0 Å². The molecule has 2 atom stereocenters. The topological polar surface area (TPSA) is 26.3 Å². The second kappa shape index (κ2) is 7.80. The summed E-state index contributed by atoms with van der Waals surface area (Å²) in [4.78, 5) is 11.7. The highest BCUT2D eigenvalue weighted by atomic mass is 16.5. The molecule has 156 valence electrons. The van der Waals surface area contributed by atoms with E-state index in [9.17, 15) is 4.79 Å². The highest BCUT2D eigenvalue weighted by molar-refractivity contribution is 6.09. The number of benzene rings is 5. The van der Waals surface area contributed by atoms with Gasteiger partial charge < -0.3 is 4.74 Å². The monoisotopic (exact) mass is 416 g/mol. The Morgan fingerprint density at radius 1 is 0.719 bits per heavy atom. The molecule has 0 saturated carbocycles. The first kappa shape index (κ1) is 19.1. The predicted octanol–water partition coefficient (Wildman–Crippen LogP) is 7.48. The number of rotatable bonds is 4. The molecule has 0 saturated heterocycles. The predicted molar refractivity (Wildman–Crippen MR) is 131 cm³/mol. The first-order chi connectivity index (χ1) is 15.8. The van der Waals surface area contributed by atoms with E-state index in [1.54, 1.807) is 0 Å². The van der Waals surface area contributed by atoms with E-state index in [-0.39, 0.29) is 12.0 Å². The van der Waals surface area contributed by atoms with Crippen molar-refractivity contribution in [3.63, 3.8) is 0 Å². The van der Waals surface area contributed by atoms with Gasteiger partial charge in [-0.05, 0) is 62.7 Å². The maximum absolute atomic E-state index is 11.7. The first-order valence-electron chi connectivity index (χ1n) is 11.3. The zero-order chi connectivity index (χ0) is 21.5. The Morgan fingerprint density at radius 3 is 2.28 bits per heavy atom. The first-order valence-corrected chi connectivity index (χ1v) is 11.3. The molecular weight excluding hydrogens is 392 g/mol. The lowest BCUT2D eigenvalue weighted by Crippen LogP contribution is -2.20. The fraction of sp³-hybridized carbons (Fsp3) is 0.167. The summed E-state index contributed by atoms with van der Waals surface area (Å²) >= 11 is 0. The van der Waals surface area contributed by atoms with Gasteiger partial charge in [-0.15, -0.1) is 0 Å². The molecule has 5 aromatic rings. The summed E-state index contributed by atoms with van der Waals surface area (Å²) in [6.45, 7) is 0.626. The minimum atomic E-state index is -0.310. The molecule has 1 aliphatic carbocycles. The molecule has 0 N–H and O–H groups in total. The second-order valence-electron chi connectivity index (χ2n) is 8.74. The number of carbonyl (C=O) groups excluding carboxylic acids is 1. The molecule has 6 rings (SSSR count). The van der Waals surface area contributed by atoms with Gasteiger partial charge >= 0.3 is 0 Å². The minimum Gasteiger partial charge on any atom is -0.459 e. The maximum atomic E-state index is 11.7. The number of ether oxygens (including phenoxy) is 1. The van der Waals surface area contributed by atoms with Crippen molar-refractivity contribution < 1.29 is 9.53 Å². The van der Waals surface area contributed by atoms with Gasteiger partial charge in [0.2, 0.25) is 0 Å². The van der Waals surface area contributed by atoms with Crippen LogP contribution in [0.1, 0.15) is 41.6 Å². The van der Waals surface area contributed by atoms with Crippen molar-refractivity contribution in [1.29, 1.82) is 0 Å². The normalized spacial score (nSPS) is 16.7. The van der Waals surface area contributed by atoms with Gasteiger partial charge in [0.15, 0.2) is 0 Å². The Hall–Kier alpha value is -3.65. The van der Waals surface area contributed by atoms with Crippen LogP contribution in [0.15, 0.2) is 91.0 Å². The summed E-state index contributed by atoms with van der Waals surface area (Å²) in [7, 11) is 0. The summed E-state index contributed by atoms with van der Waals surface area (Å²) in [6, 6.07) is 32.3. The van der Waals surface area contributed by atoms with E-state index in [1.165, 1.54) is 38.1 Å². The van der Waals surface area contributed by atoms with Gasteiger partial charge in [-0.1, -0.05) is 91.0 Å². The molecule has 0 amide bonds. The highest BCUT2D eigenvalue weighted by Gasteiger charge is 2.33. The molecule has 0 aromatic heterocycles. The Bertz CT molecular complexity index is 1460. The molecular formula is C30H24O2. The van der Waals surface area contributed by atoms with Gasteiger partial charge in [0.05, 0.1) is 0 Å². The van der Waals surface area contributed by atoms with E-state index >= 15 is 0 Å². The number of fused-ring (bicyclic) bond motifs is 6. The quantitative estimate of drug-likeness (QED) is 0.224. The van der Waals surface area contributed by atoms with E-state index in [2.05, 4.69) is 91.0 Å². The van der Waals surface area contributed by atoms with Crippen LogP contribution in [0.5, 0.6) is 0 Å². The molecule has 0 bridgehead atoms. The summed E-state index contributed by atoms with van der Waals surface area (Å²) in [5.41, 5.74) is 3.81. The van der Waals surface area contributed by atoms with E-state index in [0.29, 0.717) is 6.47 Å². The summed E-state index contributed by atoms with van der Waals surface area (Å²) < 4.78 is 5.89. The molecule has 0 heterocycles. The third-order valence-electron chi connectivity index (χ3n) is 7.09. The molecule has 2 nitrogen and oxygen atoms in total. The van der Waals surface area contributed by atoms with Crippen LogP contribution in [0.4, 0.5) is 0 Å². The smallest absolute Gasteiger partial charge is 0.293 e. The van der Waals surface area contributed by atoms with Crippen molar-refractivity contribution in [3.05, 3.63) is 108 Å². The lowest BCUT2D eigenvalue weighted by atomic mass is 9.75. The molecule has 0 fully saturated rings. The Morgan fingerprint density at radius 2 is 1.44 bits per heavy atom. The van der Waals surface area contributed by atoms with Crippen molar-refractivity contribution >= 4 is 38.8 Å². The van der Waals surface area contributed by atoms with Crippen molar-refractivity contribution in [3.8, 4) is 0 Å². The van der Waals surface area contributed by atoms with E-state index in [0.717, 1.165) is 30.2 Å². The molecule has 32 heavy (non-hydrogen) atoms. The Labute approximate surface area is 187 Å². The molecule has 1 aliphatic rings. The minimum absolute atomic E-state index is 0.125. The molecule has 0 radical (unpaired) electrons. The van der Waals surface area contributed by atoms with E-state index < -0.39 is 0 Å². The average molecular weight is 417 g/mol. The van der Waals surface area contributed by atoms with Crippen LogP contribution >= 0.6 is 0 Å². The Balaban J connectivity index is 1.60. The lowest BCUT2D eigenvalue weighted by Gasteiger charge is -2.33. The number of aryl methyl sites for hydroxylation is 1. The zero-order valence-electron chi connectivity index (χ0n) is 17.8. The van der Waals surface area contributed by atoms with Gasteiger partial charge in [0, 0.05) is 11.5 Å². The van der Waals surface area contributed by atoms with Crippen LogP contribution in [-0.2, 0) is 16.0 Å². The molecule has 2 unspecified atom stereocenters. The van der Waals surface area contributed by atoms with Crippen molar-refractivity contribution in [2.24, 2.45) is 0 Å². The molecule has 5 aromatic carbocycles. The standard InChI is InChI=1S/C30H24O2/c31-19-32-30(27-13-5-9-20-7-1-4-12-24(20)27)28-14-6-10-22-16-17-25-23-11-3-2-8-21(23)15-18-26(25)29(22)28/h1-5,7-9,11-13,15-19,28,30H,6,10,14H2. The van der Waals surface area contributed by atoms with Crippen LogP contribution in [0.2, 0.25) is 0 Å². The Kier molecular flexibility index (Phi) is 4.65. The third-order valence-corrected chi connectivity index (χ3v) is 7.09. The van der Waals surface area contributed by atoms with E-state index in [1.807, 2.05) is 0 Å². The lowest BCUT2D eigenvalue weighted by molar-refractivity contribution is -0.135. The second-order valence-corrected chi connectivity index (χ2v) is 8.74. The molecule has 0 aliphatic heterocycles. The van der Waals surface area contributed by atoms with Crippen LogP contribution in [-0.4, -0.2) is 6.47 Å². The number of hydrogen-bond donors (Lipinski definition) is 0. The third kappa shape index (κ3) is 2.98. The summed E-state index contributed by atoms with van der Waals surface area (Å²) in [6.07, 6.45) is 2.86. The molecule has 2 heteroatoms. The number of hydrogen-bond acceptors (Lipinski definition) is 2. The van der Waals surface area contributed by atoms with Crippen molar-refractivity contribution in [1.82, 2.24) is 0 Å². The number of carbonyl (C=O) groups is 1. The zero-order valence-corrected chi connectivity index (χ0v) is 17.8.